The molecule has 1 rings (SSSR count). The molecule has 0 amide bonds. The first-order valence-electron chi connectivity index (χ1n) is 6.12. The zero-order valence-corrected chi connectivity index (χ0v) is 11.8. The number of ether oxygens (including phenoxy) is 2. The molecule has 1 aromatic carbocycles. The van der Waals surface area contributed by atoms with Gasteiger partial charge in [-0.1, -0.05) is 17.7 Å². The Kier molecular flexibility index (Phi) is 6.58. The molecule has 20 heavy (non-hydrogen) atoms. The van der Waals surface area contributed by atoms with Crippen LogP contribution in [-0.2, 0) is 4.74 Å². The highest BCUT2D eigenvalue weighted by Crippen LogP contribution is 2.27. The molecule has 2 N–H and O–H groups in total. The van der Waals surface area contributed by atoms with Gasteiger partial charge in [0.15, 0.2) is 0 Å². The highest BCUT2D eigenvalue weighted by molar-refractivity contribution is 6.32. The Labute approximate surface area is 120 Å². The Morgan fingerprint density at radius 2 is 2.00 bits per heavy atom. The van der Waals surface area contributed by atoms with E-state index in [2.05, 4.69) is 4.74 Å². The number of alkyl halides is 3. The third kappa shape index (κ3) is 6.45. The van der Waals surface area contributed by atoms with E-state index >= 15 is 0 Å². The quantitative estimate of drug-likeness (QED) is 0.781. The minimum atomic E-state index is -4.29. The number of nitrogens with two attached hydrogens (primary N) is 1. The summed E-state index contributed by atoms with van der Waals surface area (Å²) in [5.74, 6) is 0.479. The van der Waals surface area contributed by atoms with E-state index in [-0.39, 0.29) is 19.3 Å². The van der Waals surface area contributed by atoms with Gasteiger partial charge < -0.3 is 15.2 Å². The topological polar surface area (TPSA) is 44.5 Å². The summed E-state index contributed by atoms with van der Waals surface area (Å²) in [5.41, 5.74) is 6.60. The third-order valence-electron chi connectivity index (χ3n) is 2.44. The van der Waals surface area contributed by atoms with Gasteiger partial charge in [0, 0.05) is 12.5 Å². The standard InChI is InChI=1S/C13H17ClF3NO2/c1-9(18)10-3-4-12(11(14)7-10)20-6-2-5-19-8-13(15,16)17/h3-4,7,9H,2,5-6,8,18H2,1H3/t9-/m0/s1. The molecular weight excluding hydrogens is 295 g/mol. The molecule has 0 spiro atoms. The fraction of sp³-hybridized carbons (Fsp3) is 0.538. The fourth-order valence-electron chi connectivity index (χ4n) is 1.45. The van der Waals surface area contributed by atoms with Crippen LogP contribution in [0, 0.1) is 0 Å². The van der Waals surface area contributed by atoms with Crippen LogP contribution in [0.15, 0.2) is 18.2 Å². The molecule has 3 nitrogen and oxygen atoms in total. The van der Waals surface area contributed by atoms with E-state index in [1.165, 1.54) is 0 Å². The molecule has 0 aliphatic heterocycles. The summed E-state index contributed by atoms with van der Waals surface area (Å²) in [6, 6.07) is 5.07. The van der Waals surface area contributed by atoms with Crippen molar-refractivity contribution in [2.24, 2.45) is 5.73 Å². The smallest absolute Gasteiger partial charge is 0.411 e. The predicted molar refractivity (Wildman–Crippen MR) is 71.0 cm³/mol. The van der Waals surface area contributed by atoms with Crippen molar-refractivity contribution >= 4 is 11.6 Å². The normalized spacial score (nSPS) is 13.3. The molecular formula is C13H17ClF3NO2. The van der Waals surface area contributed by atoms with E-state index in [0.29, 0.717) is 17.2 Å². The first kappa shape index (κ1) is 17.1. The maximum absolute atomic E-state index is 11.8. The van der Waals surface area contributed by atoms with Gasteiger partial charge in [-0.2, -0.15) is 13.2 Å². The second kappa shape index (κ2) is 7.71. The zero-order chi connectivity index (χ0) is 15.2. The van der Waals surface area contributed by atoms with Crippen LogP contribution in [0.1, 0.15) is 24.9 Å². The lowest BCUT2D eigenvalue weighted by Gasteiger charge is -2.11. The lowest BCUT2D eigenvalue weighted by atomic mass is 10.1. The largest absolute Gasteiger partial charge is 0.492 e. The average molecular weight is 312 g/mol. The summed E-state index contributed by atoms with van der Waals surface area (Å²) in [6.07, 6.45) is -3.94. The van der Waals surface area contributed by atoms with Gasteiger partial charge in [0.25, 0.3) is 0 Å². The van der Waals surface area contributed by atoms with Crippen molar-refractivity contribution in [3.8, 4) is 5.75 Å². The minimum Gasteiger partial charge on any atom is -0.492 e. The van der Waals surface area contributed by atoms with E-state index in [1.807, 2.05) is 6.92 Å². The Hall–Kier alpha value is -0.980. The Bertz CT molecular complexity index is 425. The van der Waals surface area contributed by atoms with Crippen LogP contribution >= 0.6 is 11.6 Å². The Morgan fingerprint density at radius 1 is 1.30 bits per heavy atom. The predicted octanol–water partition coefficient (Wildman–Crippen LogP) is 3.71. The first-order valence-corrected chi connectivity index (χ1v) is 6.49. The highest BCUT2D eigenvalue weighted by atomic mass is 35.5. The average Bonchev–Trinajstić information content (AvgIpc) is 2.33. The lowest BCUT2D eigenvalue weighted by molar-refractivity contribution is -0.174. The third-order valence-corrected chi connectivity index (χ3v) is 2.73. The van der Waals surface area contributed by atoms with Crippen LogP contribution in [-0.4, -0.2) is 26.0 Å². The van der Waals surface area contributed by atoms with Gasteiger partial charge in [-0.05, 0) is 24.6 Å². The first-order chi connectivity index (χ1) is 9.29. The summed E-state index contributed by atoms with van der Waals surface area (Å²) in [6.45, 7) is 0.811. The van der Waals surface area contributed by atoms with Gasteiger partial charge in [0.2, 0.25) is 0 Å². The highest BCUT2D eigenvalue weighted by Gasteiger charge is 2.27. The van der Waals surface area contributed by atoms with Crippen LogP contribution < -0.4 is 10.5 Å². The molecule has 114 valence electrons. The molecule has 0 heterocycles. The Morgan fingerprint density at radius 3 is 2.55 bits per heavy atom. The molecule has 0 saturated heterocycles. The van der Waals surface area contributed by atoms with Crippen LogP contribution in [0.3, 0.4) is 0 Å². The molecule has 0 radical (unpaired) electrons. The number of rotatable bonds is 7. The van der Waals surface area contributed by atoms with Crippen LogP contribution in [0.25, 0.3) is 0 Å². The molecule has 0 aliphatic carbocycles. The molecule has 1 aromatic rings. The van der Waals surface area contributed by atoms with Crippen LogP contribution in [0.5, 0.6) is 5.75 Å². The van der Waals surface area contributed by atoms with Crippen molar-refractivity contribution < 1.29 is 22.6 Å². The van der Waals surface area contributed by atoms with E-state index in [9.17, 15) is 13.2 Å². The summed E-state index contributed by atoms with van der Waals surface area (Å²) < 4.78 is 45.2. The van der Waals surface area contributed by atoms with Crippen LogP contribution in [0.4, 0.5) is 13.2 Å². The van der Waals surface area contributed by atoms with Gasteiger partial charge in [-0.15, -0.1) is 0 Å². The molecule has 0 saturated carbocycles. The molecule has 7 heteroatoms. The van der Waals surface area contributed by atoms with Crippen molar-refractivity contribution in [1.82, 2.24) is 0 Å². The van der Waals surface area contributed by atoms with Crippen molar-refractivity contribution in [1.29, 1.82) is 0 Å². The summed E-state index contributed by atoms with van der Waals surface area (Å²) in [7, 11) is 0. The molecule has 0 bridgehead atoms. The van der Waals surface area contributed by atoms with E-state index < -0.39 is 12.8 Å². The van der Waals surface area contributed by atoms with E-state index in [4.69, 9.17) is 22.1 Å². The van der Waals surface area contributed by atoms with Gasteiger partial charge in [0.05, 0.1) is 18.2 Å². The maximum atomic E-state index is 11.8. The number of hydrogen-bond donors (Lipinski definition) is 1. The monoisotopic (exact) mass is 311 g/mol. The molecule has 0 aromatic heterocycles. The van der Waals surface area contributed by atoms with Crippen molar-refractivity contribution in [3.63, 3.8) is 0 Å². The van der Waals surface area contributed by atoms with Crippen LogP contribution in [0.2, 0.25) is 5.02 Å². The summed E-state index contributed by atoms with van der Waals surface area (Å²) in [4.78, 5) is 0. The molecule has 0 unspecified atom stereocenters. The zero-order valence-electron chi connectivity index (χ0n) is 11.0. The number of hydrogen-bond acceptors (Lipinski definition) is 3. The summed E-state index contributed by atoms with van der Waals surface area (Å²) >= 11 is 6.01. The van der Waals surface area contributed by atoms with Gasteiger partial charge in [0.1, 0.15) is 12.4 Å². The van der Waals surface area contributed by atoms with E-state index in [0.717, 1.165) is 5.56 Å². The van der Waals surface area contributed by atoms with Crippen molar-refractivity contribution in [3.05, 3.63) is 28.8 Å². The van der Waals surface area contributed by atoms with Crippen molar-refractivity contribution in [2.45, 2.75) is 25.6 Å². The van der Waals surface area contributed by atoms with Gasteiger partial charge in [-0.3, -0.25) is 0 Å². The minimum absolute atomic E-state index is 0.0188. The van der Waals surface area contributed by atoms with Gasteiger partial charge >= 0.3 is 6.18 Å². The van der Waals surface area contributed by atoms with E-state index in [1.54, 1.807) is 18.2 Å². The SMILES string of the molecule is C[C@H](N)c1ccc(OCCCOCC(F)(F)F)c(Cl)c1. The molecule has 0 fully saturated rings. The fourth-order valence-corrected chi connectivity index (χ4v) is 1.69. The second-order valence-corrected chi connectivity index (χ2v) is 4.76. The number of benzene rings is 1. The molecule has 0 aliphatic rings. The lowest BCUT2D eigenvalue weighted by Crippen LogP contribution is -2.18. The molecule has 1 atom stereocenters. The second-order valence-electron chi connectivity index (χ2n) is 4.35. The number of halogens is 4. The van der Waals surface area contributed by atoms with Gasteiger partial charge in [-0.25, -0.2) is 0 Å². The van der Waals surface area contributed by atoms with Crippen molar-refractivity contribution in [2.75, 3.05) is 19.8 Å². The maximum Gasteiger partial charge on any atom is 0.411 e. The summed E-state index contributed by atoms with van der Waals surface area (Å²) in [5, 5.41) is 0.427. The Balaban J connectivity index is 2.29.